The van der Waals surface area contributed by atoms with Crippen LogP contribution in [0, 0.1) is 5.82 Å². The zero-order chi connectivity index (χ0) is 13.7. The molecular formula is C16H17BrFN. The van der Waals surface area contributed by atoms with Gasteiger partial charge in [-0.15, -0.1) is 0 Å². The average Bonchev–Trinajstić information content (AvgIpc) is 2.40. The zero-order valence-corrected chi connectivity index (χ0v) is 12.5. The topological polar surface area (TPSA) is 12.0 Å². The van der Waals surface area contributed by atoms with Gasteiger partial charge in [-0.25, -0.2) is 4.39 Å². The standard InChI is InChI=1S/C16H17BrFN/c1-2-9-19-11-12-10-13(18)7-8-14(12)15-5-3-4-6-16(15)17/h3-8,10,19H,2,9,11H2,1H3. The Morgan fingerprint density at radius 3 is 2.63 bits per heavy atom. The van der Waals surface area contributed by atoms with Crippen LogP contribution in [-0.4, -0.2) is 6.54 Å². The largest absolute Gasteiger partial charge is 0.313 e. The Bertz CT molecular complexity index is 554. The van der Waals surface area contributed by atoms with Crippen LogP contribution >= 0.6 is 15.9 Å². The molecule has 0 fully saturated rings. The Balaban J connectivity index is 2.36. The second kappa shape index (κ2) is 6.83. The monoisotopic (exact) mass is 321 g/mol. The first-order valence-electron chi connectivity index (χ1n) is 6.46. The first kappa shape index (κ1) is 14.2. The molecule has 0 unspecified atom stereocenters. The molecule has 0 aliphatic heterocycles. The smallest absolute Gasteiger partial charge is 0.123 e. The molecule has 0 bridgehead atoms. The first-order chi connectivity index (χ1) is 9.22. The van der Waals surface area contributed by atoms with E-state index in [0.29, 0.717) is 6.54 Å². The van der Waals surface area contributed by atoms with Gasteiger partial charge in [0.15, 0.2) is 0 Å². The van der Waals surface area contributed by atoms with E-state index in [2.05, 4.69) is 28.2 Å². The molecular weight excluding hydrogens is 305 g/mol. The van der Waals surface area contributed by atoms with Gasteiger partial charge in [-0.2, -0.15) is 0 Å². The van der Waals surface area contributed by atoms with Crippen LogP contribution in [0.1, 0.15) is 18.9 Å². The number of hydrogen-bond donors (Lipinski definition) is 1. The molecule has 0 spiro atoms. The molecule has 0 aliphatic carbocycles. The highest BCUT2D eigenvalue weighted by Gasteiger charge is 2.09. The summed E-state index contributed by atoms with van der Waals surface area (Å²) in [7, 11) is 0. The molecule has 0 radical (unpaired) electrons. The Hall–Kier alpha value is -1.19. The molecule has 2 aromatic rings. The van der Waals surface area contributed by atoms with Crippen LogP contribution in [0.2, 0.25) is 0 Å². The first-order valence-corrected chi connectivity index (χ1v) is 7.25. The van der Waals surface area contributed by atoms with Crippen LogP contribution < -0.4 is 5.32 Å². The van der Waals surface area contributed by atoms with E-state index in [1.807, 2.05) is 30.3 Å². The molecule has 0 heterocycles. The van der Waals surface area contributed by atoms with E-state index in [4.69, 9.17) is 0 Å². The number of benzene rings is 2. The second-order valence-electron chi connectivity index (χ2n) is 4.46. The third kappa shape index (κ3) is 3.64. The SMILES string of the molecule is CCCNCc1cc(F)ccc1-c1ccccc1Br. The summed E-state index contributed by atoms with van der Waals surface area (Å²) >= 11 is 3.55. The van der Waals surface area contributed by atoms with E-state index in [-0.39, 0.29) is 5.82 Å². The number of hydrogen-bond acceptors (Lipinski definition) is 1. The summed E-state index contributed by atoms with van der Waals surface area (Å²) in [6.45, 7) is 3.74. The molecule has 19 heavy (non-hydrogen) atoms. The summed E-state index contributed by atoms with van der Waals surface area (Å²) in [5.74, 6) is -0.191. The molecule has 2 aromatic carbocycles. The van der Waals surface area contributed by atoms with E-state index in [1.165, 1.54) is 6.07 Å². The van der Waals surface area contributed by atoms with Crippen LogP contribution in [0.3, 0.4) is 0 Å². The molecule has 0 saturated carbocycles. The molecule has 0 aliphatic rings. The Kier molecular flexibility index (Phi) is 5.11. The van der Waals surface area contributed by atoms with Crippen molar-refractivity contribution in [3.8, 4) is 11.1 Å². The molecule has 3 heteroatoms. The quantitative estimate of drug-likeness (QED) is 0.783. The minimum atomic E-state index is -0.191. The van der Waals surface area contributed by atoms with Gasteiger partial charge in [-0.05, 0) is 47.9 Å². The van der Waals surface area contributed by atoms with Gasteiger partial charge >= 0.3 is 0 Å². The Labute approximate surface area is 122 Å². The van der Waals surface area contributed by atoms with Crippen molar-refractivity contribution in [1.82, 2.24) is 5.32 Å². The maximum Gasteiger partial charge on any atom is 0.123 e. The van der Waals surface area contributed by atoms with Crippen molar-refractivity contribution in [3.05, 3.63) is 58.3 Å². The van der Waals surface area contributed by atoms with Crippen molar-refractivity contribution in [2.24, 2.45) is 0 Å². The minimum Gasteiger partial charge on any atom is -0.313 e. The fourth-order valence-electron chi connectivity index (χ4n) is 2.05. The van der Waals surface area contributed by atoms with Crippen LogP contribution in [0.15, 0.2) is 46.9 Å². The highest BCUT2D eigenvalue weighted by Crippen LogP contribution is 2.31. The van der Waals surface area contributed by atoms with Gasteiger partial charge in [-0.3, -0.25) is 0 Å². The van der Waals surface area contributed by atoms with E-state index >= 15 is 0 Å². The van der Waals surface area contributed by atoms with Gasteiger partial charge in [-0.1, -0.05) is 47.1 Å². The van der Waals surface area contributed by atoms with Crippen molar-refractivity contribution in [2.75, 3.05) is 6.54 Å². The molecule has 2 rings (SSSR count). The lowest BCUT2D eigenvalue weighted by Crippen LogP contribution is -2.14. The average molecular weight is 322 g/mol. The molecule has 0 saturated heterocycles. The lowest BCUT2D eigenvalue weighted by Gasteiger charge is -2.12. The normalized spacial score (nSPS) is 10.7. The lowest BCUT2D eigenvalue weighted by molar-refractivity contribution is 0.619. The lowest BCUT2D eigenvalue weighted by atomic mass is 9.99. The fourth-order valence-corrected chi connectivity index (χ4v) is 2.55. The van der Waals surface area contributed by atoms with E-state index in [0.717, 1.165) is 34.1 Å². The maximum atomic E-state index is 13.4. The van der Waals surface area contributed by atoms with Gasteiger partial charge in [0, 0.05) is 11.0 Å². The van der Waals surface area contributed by atoms with Gasteiger partial charge in [0.05, 0.1) is 0 Å². The van der Waals surface area contributed by atoms with Crippen molar-refractivity contribution in [2.45, 2.75) is 19.9 Å². The second-order valence-corrected chi connectivity index (χ2v) is 5.31. The van der Waals surface area contributed by atoms with Gasteiger partial charge in [0.25, 0.3) is 0 Å². The summed E-state index contributed by atoms with van der Waals surface area (Å²) in [4.78, 5) is 0. The summed E-state index contributed by atoms with van der Waals surface area (Å²) in [5.41, 5.74) is 3.15. The van der Waals surface area contributed by atoms with E-state index in [9.17, 15) is 4.39 Å². The van der Waals surface area contributed by atoms with Crippen molar-refractivity contribution in [1.29, 1.82) is 0 Å². The highest BCUT2D eigenvalue weighted by molar-refractivity contribution is 9.10. The number of halogens is 2. The van der Waals surface area contributed by atoms with Crippen molar-refractivity contribution < 1.29 is 4.39 Å². The van der Waals surface area contributed by atoms with Crippen LogP contribution in [0.25, 0.3) is 11.1 Å². The summed E-state index contributed by atoms with van der Waals surface area (Å²) < 4.78 is 14.5. The van der Waals surface area contributed by atoms with Crippen LogP contribution in [0.4, 0.5) is 4.39 Å². The fraction of sp³-hybridized carbons (Fsp3) is 0.250. The maximum absolute atomic E-state index is 13.4. The third-order valence-corrected chi connectivity index (χ3v) is 3.67. The molecule has 100 valence electrons. The summed E-state index contributed by atoms with van der Waals surface area (Å²) in [5, 5.41) is 3.33. The molecule has 1 nitrogen and oxygen atoms in total. The Morgan fingerprint density at radius 1 is 1.11 bits per heavy atom. The van der Waals surface area contributed by atoms with E-state index in [1.54, 1.807) is 6.07 Å². The summed E-state index contributed by atoms with van der Waals surface area (Å²) in [6, 6.07) is 13.0. The van der Waals surface area contributed by atoms with Gasteiger partial charge in [0.1, 0.15) is 5.82 Å². The predicted molar refractivity (Wildman–Crippen MR) is 81.5 cm³/mol. The van der Waals surface area contributed by atoms with Crippen LogP contribution in [-0.2, 0) is 6.54 Å². The molecule has 0 atom stereocenters. The van der Waals surface area contributed by atoms with Crippen molar-refractivity contribution >= 4 is 15.9 Å². The molecule has 0 aromatic heterocycles. The minimum absolute atomic E-state index is 0.191. The number of nitrogens with one attached hydrogen (secondary N) is 1. The van der Waals surface area contributed by atoms with Crippen molar-refractivity contribution in [3.63, 3.8) is 0 Å². The predicted octanol–water partition coefficient (Wildman–Crippen LogP) is 4.75. The molecule has 1 N–H and O–H groups in total. The number of rotatable bonds is 5. The highest BCUT2D eigenvalue weighted by atomic mass is 79.9. The third-order valence-electron chi connectivity index (χ3n) is 2.97. The van der Waals surface area contributed by atoms with Gasteiger partial charge < -0.3 is 5.32 Å². The summed E-state index contributed by atoms with van der Waals surface area (Å²) in [6.07, 6.45) is 1.07. The van der Waals surface area contributed by atoms with Gasteiger partial charge in [0.2, 0.25) is 0 Å². The Morgan fingerprint density at radius 2 is 1.89 bits per heavy atom. The zero-order valence-electron chi connectivity index (χ0n) is 10.9. The van der Waals surface area contributed by atoms with E-state index < -0.39 is 0 Å². The van der Waals surface area contributed by atoms with Crippen LogP contribution in [0.5, 0.6) is 0 Å². The molecule has 0 amide bonds.